The maximum absolute atomic E-state index is 12.1. The molecule has 1 aromatic heterocycles. The molecule has 100 valence electrons. The van der Waals surface area contributed by atoms with Crippen LogP contribution in [0.4, 0.5) is 0 Å². The van der Waals surface area contributed by atoms with Crippen LogP contribution in [0, 0.1) is 0 Å². The van der Waals surface area contributed by atoms with Crippen LogP contribution in [0.5, 0.6) is 5.75 Å². The monoisotopic (exact) mass is 259 g/mol. The van der Waals surface area contributed by atoms with Crippen molar-refractivity contribution in [2.75, 3.05) is 0 Å². The van der Waals surface area contributed by atoms with E-state index < -0.39 is 0 Å². The van der Waals surface area contributed by atoms with E-state index in [4.69, 9.17) is 4.74 Å². The van der Waals surface area contributed by atoms with Gasteiger partial charge >= 0.3 is 0 Å². The molecular weight excluding hydrogens is 242 g/mol. The largest absolute Gasteiger partial charge is 0.491 e. The quantitative estimate of drug-likeness (QED) is 0.771. The van der Waals surface area contributed by atoms with E-state index in [0.717, 1.165) is 0 Å². The van der Waals surface area contributed by atoms with Crippen LogP contribution in [0.1, 0.15) is 29.9 Å². The number of carbonyl (C=O) groups is 1. The normalized spacial score (nSPS) is 10.7. The molecular formula is C14H17N3O2. The lowest BCUT2D eigenvalue weighted by molar-refractivity contribution is 0.0991. The zero-order valence-electron chi connectivity index (χ0n) is 11.3. The molecule has 0 aliphatic heterocycles. The van der Waals surface area contributed by atoms with E-state index in [-0.39, 0.29) is 18.3 Å². The number of nitrogens with zero attached hydrogens (tertiary/aromatic N) is 3. The predicted octanol–water partition coefficient (Wildman–Crippen LogP) is 2.03. The number of carbonyl (C=O) groups excluding carboxylic acids is 1. The smallest absolute Gasteiger partial charge is 0.169 e. The molecule has 0 aliphatic rings. The molecule has 19 heavy (non-hydrogen) atoms. The van der Waals surface area contributed by atoms with Crippen molar-refractivity contribution in [3.05, 3.63) is 41.7 Å². The number of hydrogen-bond acceptors (Lipinski definition) is 4. The number of aryl methyl sites for hydroxylation is 1. The average molecular weight is 259 g/mol. The maximum Gasteiger partial charge on any atom is 0.169 e. The summed E-state index contributed by atoms with van der Waals surface area (Å²) in [6.07, 6.45) is 2.08. The first-order chi connectivity index (χ1) is 9.04. The SMILES string of the molecule is CC(C)Oc1cccc(C(=O)Cc2cn(C)nn2)c1. The minimum Gasteiger partial charge on any atom is -0.491 e. The van der Waals surface area contributed by atoms with Gasteiger partial charge in [-0.25, -0.2) is 0 Å². The number of aromatic nitrogens is 3. The van der Waals surface area contributed by atoms with Crippen molar-refractivity contribution in [2.45, 2.75) is 26.4 Å². The summed E-state index contributed by atoms with van der Waals surface area (Å²) >= 11 is 0. The Kier molecular flexibility index (Phi) is 3.94. The summed E-state index contributed by atoms with van der Waals surface area (Å²) in [4.78, 5) is 12.1. The topological polar surface area (TPSA) is 57.0 Å². The lowest BCUT2D eigenvalue weighted by Crippen LogP contribution is -2.08. The van der Waals surface area contributed by atoms with Gasteiger partial charge in [0.05, 0.1) is 18.2 Å². The van der Waals surface area contributed by atoms with Gasteiger partial charge in [0.25, 0.3) is 0 Å². The van der Waals surface area contributed by atoms with Gasteiger partial charge in [-0.15, -0.1) is 5.10 Å². The summed E-state index contributed by atoms with van der Waals surface area (Å²) in [7, 11) is 1.78. The van der Waals surface area contributed by atoms with Crippen molar-refractivity contribution in [2.24, 2.45) is 7.05 Å². The van der Waals surface area contributed by atoms with Crippen molar-refractivity contribution in [3.8, 4) is 5.75 Å². The summed E-state index contributed by atoms with van der Waals surface area (Å²) in [6, 6.07) is 7.21. The van der Waals surface area contributed by atoms with Crippen molar-refractivity contribution in [1.29, 1.82) is 0 Å². The van der Waals surface area contributed by atoms with Gasteiger partial charge in [0.2, 0.25) is 0 Å². The molecule has 1 aromatic carbocycles. The van der Waals surface area contributed by atoms with Crippen molar-refractivity contribution < 1.29 is 9.53 Å². The highest BCUT2D eigenvalue weighted by atomic mass is 16.5. The van der Waals surface area contributed by atoms with Gasteiger partial charge in [-0.2, -0.15) is 0 Å². The molecule has 1 heterocycles. The van der Waals surface area contributed by atoms with E-state index in [9.17, 15) is 4.79 Å². The molecule has 0 N–H and O–H groups in total. The molecule has 0 unspecified atom stereocenters. The summed E-state index contributed by atoms with van der Waals surface area (Å²) in [6.45, 7) is 3.90. The van der Waals surface area contributed by atoms with Gasteiger partial charge in [0.15, 0.2) is 5.78 Å². The van der Waals surface area contributed by atoms with Crippen LogP contribution < -0.4 is 4.74 Å². The Hall–Kier alpha value is -2.17. The number of Topliss-reactive ketones (excluding diaryl/α,β-unsaturated/α-hetero) is 1. The van der Waals surface area contributed by atoms with Gasteiger partial charge in [0, 0.05) is 18.8 Å². The average Bonchev–Trinajstić information content (AvgIpc) is 2.74. The van der Waals surface area contributed by atoms with E-state index in [1.54, 1.807) is 30.1 Å². The molecule has 0 fully saturated rings. The number of hydrogen-bond donors (Lipinski definition) is 0. The van der Waals surface area contributed by atoms with E-state index in [0.29, 0.717) is 17.0 Å². The number of rotatable bonds is 5. The van der Waals surface area contributed by atoms with Crippen LogP contribution in [0.15, 0.2) is 30.5 Å². The Morgan fingerprint density at radius 3 is 2.84 bits per heavy atom. The molecule has 0 atom stereocenters. The highest BCUT2D eigenvalue weighted by Crippen LogP contribution is 2.16. The first-order valence-electron chi connectivity index (χ1n) is 6.19. The second-order valence-electron chi connectivity index (χ2n) is 4.68. The minimum atomic E-state index is 0.00899. The number of ketones is 1. The Balaban J connectivity index is 2.10. The van der Waals surface area contributed by atoms with Crippen LogP contribution in [0.25, 0.3) is 0 Å². The fourth-order valence-electron chi connectivity index (χ4n) is 1.76. The van der Waals surface area contributed by atoms with E-state index in [1.165, 1.54) is 0 Å². The standard InChI is InChI=1S/C14H17N3O2/c1-10(2)19-13-6-4-5-11(7-13)14(18)8-12-9-17(3)16-15-12/h4-7,9-10H,8H2,1-3H3. The van der Waals surface area contributed by atoms with E-state index in [1.807, 2.05) is 26.0 Å². The summed E-state index contributed by atoms with van der Waals surface area (Å²) < 4.78 is 7.16. The Morgan fingerprint density at radius 2 is 2.21 bits per heavy atom. The van der Waals surface area contributed by atoms with E-state index in [2.05, 4.69) is 10.3 Å². The van der Waals surface area contributed by atoms with Crippen molar-refractivity contribution in [3.63, 3.8) is 0 Å². The highest BCUT2D eigenvalue weighted by Gasteiger charge is 2.10. The van der Waals surface area contributed by atoms with Gasteiger partial charge in [0.1, 0.15) is 5.75 Å². The second-order valence-corrected chi connectivity index (χ2v) is 4.68. The van der Waals surface area contributed by atoms with Crippen LogP contribution in [0.3, 0.4) is 0 Å². The van der Waals surface area contributed by atoms with Crippen LogP contribution >= 0.6 is 0 Å². The molecule has 2 rings (SSSR count). The number of ether oxygens (including phenoxy) is 1. The fourth-order valence-corrected chi connectivity index (χ4v) is 1.76. The molecule has 2 aromatic rings. The zero-order chi connectivity index (χ0) is 13.8. The first-order valence-corrected chi connectivity index (χ1v) is 6.19. The number of benzene rings is 1. The second kappa shape index (κ2) is 5.65. The predicted molar refractivity (Wildman–Crippen MR) is 71.2 cm³/mol. The minimum absolute atomic E-state index is 0.00899. The van der Waals surface area contributed by atoms with Gasteiger partial charge in [-0.1, -0.05) is 17.3 Å². The van der Waals surface area contributed by atoms with Crippen molar-refractivity contribution in [1.82, 2.24) is 15.0 Å². The summed E-state index contributed by atoms with van der Waals surface area (Å²) in [5.74, 6) is 0.717. The Morgan fingerprint density at radius 1 is 1.42 bits per heavy atom. The van der Waals surface area contributed by atoms with Crippen LogP contribution in [-0.2, 0) is 13.5 Å². The van der Waals surface area contributed by atoms with Crippen molar-refractivity contribution >= 4 is 5.78 Å². The van der Waals surface area contributed by atoms with Gasteiger partial charge in [-0.05, 0) is 26.0 Å². The lowest BCUT2D eigenvalue weighted by Gasteiger charge is -2.10. The fraction of sp³-hybridized carbons (Fsp3) is 0.357. The molecule has 0 aliphatic carbocycles. The summed E-state index contributed by atoms with van der Waals surface area (Å²) in [5, 5.41) is 7.72. The maximum atomic E-state index is 12.1. The molecule has 0 bridgehead atoms. The molecule has 5 nitrogen and oxygen atoms in total. The lowest BCUT2D eigenvalue weighted by atomic mass is 10.1. The Bertz CT molecular complexity index is 576. The molecule has 0 radical (unpaired) electrons. The molecule has 0 spiro atoms. The molecule has 0 saturated heterocycles. The molecule has 0 saturated carbocycles. The first kappa shape index (κ1) is 13.3. The van der Waals surface area contributed by atoms with Gasteiger partial charge in [-0.3, -0.25) is 9.48 Å². The van der Waals surface area contributed by atoms with Gasteiger partial charge < -0.3 is 4.74 Å². The molecule has 0 amide bonds. The summed E-state index contributed by atoms with van der Waals surface area (Å²) in [5.41, 5.74) is 1.30. The van der Waals surface area contributed by atoms with E-state index >= 15 is 0 Å². The third kappa shape index (κ3) is 3.64. The highest BCUT2D eigenvalue weighted by molar-refractivity contribution is 5.97. The molecule has 5 heteroatoms. The third-order valence-corrected chi connectivity index (χ3v) is 2.52. The third-order valence-electron chi connectivity index (χ3n) is 2.52. The zero-order valence-corrected chi connectivity index (χ0v) is 11.3. The Labute approximate surface area is 112 Å². The van der Waals surface area contributed by atoms with Crippen LogP contribution in [0.2, 0.25) is 0 Å². The van der Waals surface area contributed by atoms with Crippen LogP contribution in [-0.4, -0.2) is 26.9 Å².